The number of para-hydroxylation sites is 1. The van der Waals surface area contributed by atoms with Crippen molar-refractivity contribution in [2.75, 3.05) is 11.9 Å². The molecule has 3 heterocycles. The average molecular weight is 388 g/mol. The number of benzene rings is 1. The Balaban J connectivity index is 1.55. The predicted octanol–water partition coefficient (Wildman–Crippen LogP) is 2.03. The molecule has 0 radical (unpaired) electrons. The molecule has 0 saturated carbocycles. The zero-order valence-electron chi connectivity index (χ0n) is 15.9. The standard InChI is InChI=1S/C20H20N8O/c1-14-6-7-16(25-19-10-15(11-21)8-9-22-19)12-27(14)20(29)17-4-2-3-5-18(17)28-24-13-23-26-28/h2-5,8-10,13-14,16H,6-7,12H2,1H3,(H,22,25). The highest BCUT2D eigenvalue weighted by Crippen LogP contribution is 2.24. The van der Waals surface area contributed by atoms with E-state index in [1.807, 2.05) is 17.0 Å². The molecule has 0 aliphatic carbocycles. The highest BCUT2D eigenvalue weighted by molar-refractivity contribution is 5.98. The molecule has 1 N–H and O–H groups in total. The molecule has 9 heteroatoms. The lowest BCUT2D eigenvalue weighted by atomic mass is 9.97. The van der Waals surface area contributed by atoms with E-state index in [1.54, 1.807) is 30.5 Å². The number of nitrogens with one attached hydrogen (secondary N) is 1. The van der Waals surface area contributed by atoms with Gasteiger partial charge in [0.05, 0.1) is 17.2 Å². The quantitative estimate of drug-likeness (QED) is 0.727. The smallest absolute Gasteiger partial charge is 0.256 e. The van der Waals surface area contributed by atoms with E-state index >= 15 is 0 Å². The van der Waals surface area contributed by atoms with Crippen LogP contribution in [0.15, 0.2) is 48.9 Å². The van der Waals surface area contributed by atoms with Gasteiger partial charge in [-0.05, 0) is 49.2 Å². The van der Waals surface area contributed by atoms with Gasteiger partial charge in [0.1, 0.15) is 11.5 Å². The molecule has 1 aromatic carbocycles. The van der Waals surface area contributed by atoms with Gasteiger partial charge in [-0.25, -0.2) is 4.98 Å². The number of tetrazole rings is 1. The van der Waals surface area contributed by atoms with Crippen LogP contribution in [0.5, 0.6) is 0 Å². The van der Waals surface area contributed by atoms with Crippen LogP contribution >= 0.6 is 0 Å². The number of amides is 1. The molecule has 0 spiro atoms. The summed E-state index contributed by atoms with van der Waals surface area (Å²) in [5.74, 6) is 0.568. The molecular weight excluding hydrogens is 368 g/mol. The summed E-state index contributed by atoms with van der Waals surface area (Å²) in [6.07, 6.45) is 4.73. The maximum atomic E-state index is 13.4. The van der Waals surface area contributed by atoms with Crippen LogP contribution < -0.4 is 5.32 Å². The van der Waals surface area contributed by atoms with E-state index in [9.17, 15) is 4.79 Å². The first-order valence-corrected chi connectivity index (χ1v) is 9.42. The topological polar surface area (TPSA) is 113 Å². The van der Waals surface area contributed by atoms with Crippen molar-refractivity contribution in [1.82, 2.24) is 30.1 Å². The van der Waals surface area contributed by atoms with Gasteiger partial charge in [0.25, 0.3) is 5.91 Å². The average Bonchev–Trinajstić information content (AvgIpc) is 3.29. The number of pyridine rings is 1. The minimum atomic E-state index is -0.0735. The number of hydrogen-bond acceptors (Lipinski definition) is 7. The van der Waals surface area contributed by atoms with Gasteiger partial charge in [-0.15, -0.1) is 15.0 Å². The molecule has 29 heavy (non-hydrogen) atoms. The van der Waals surface area contributed by atoms with Crippen molar-refractivity contribution in [3.63, 3.8) is 0 Å². The van der Waals surface area contributed by atoms with Crippen molar-refractivity contribution < 1.29 is 4.79 Å². The molecule has 1 aliphatic heterocycles. The van der Waals surface area contributed by atoms with Gasteiger partial charge in [-0.2, -0.15) is 5.26 Å². The number of likely N-dealkylation sites (tertiary alicyclic amines) is 1. The summed E-state index contributed by atoms with van der Waals surface area (Å²) < 4.78 is 0. The van der Waals surface area contributed by atoms with E-state index in [4.69, 9.17) is 5.26 Å². The van der Waals surface area contributed by atoms with Crippen molar-refractivity contribution in [2.24, 2.45) is 0 Å². The van der Waals surface area contributed by atoms with Gasteiger partial charge in [-0.1, -0.05) is 12.1 Å². The molecule has 9 nitrogen and oxygen atoms in total. The first-order valence-electron chi connectivity index (χ1n) is 9.42. The molecule has 4 rings (SSSR count). The summed E-state index contributed by atoms with van der Waals surface area (Å²) in [6.45, 7) is 2.59. The number of carbonyl (C=O) groups excluding carboxylic acids is 1. The maximum absolute atomic E-state index is 13.4. The monoisotopic (exact) mass is 388 g/mol. The van der Waals surface area contributed by atoms with Crippen LogP contribution in [0.2, 0.25) is 0 Å². The Kier molecular flexibility index (Phi) is 5.16. The minimum Gasteiger partial charge on any atom is -0.366 e. The molecule has 2 unspecified atom stereocenters. The third kappa shape index (κ3) is 3.91. The number of nitriles is 1. The fourth-order valence-electron chi connectivity index (χ4n) is 3.56. The van der Waals surface area contributed by atoms with Gasteiger partial charge in [0.2, 0.25) is 0 Å². The lowest BCUT2D eigenvalue weighted by Crippen LogP contribution is -2.50. The molecule has 2 aromatic heterocycles. The Labute approximate surface area is 168 Å². The van der Waals surface area contributed by atoms with E-state index < -0.39 is 0 Å². The van der Waals surface area contributed by atoms with Crippen molar-refractivity contribution in [3.8, 4) is 11.8 Å². The third-order valence-corrected chi connectivity index (χ3v) is 5.08. The number of carbonyl (C=O) groups is 1. The Hall–Kier alpha value is -3.80. The molecule has 2 atom stereocenters. The number of anilines is 1. The van der Waals surface area contributed by atoms with E-state index in [1.165, 1.54) is 11.1 Å². The van der Waals surface area contributed by atoms with Gasteiger partial charge < -0.3 is 10.2 Å². The normalized spacial score (nSPS) is 18.8. The minimum absolute atomic E-state index is 0.0493. The fraction of sp³-hybridized carbons (Fsp3) is 0.300. The van der Waals surface area contributed by atoms with Gasteiger partial charge >= 0.3 is 0 Å². The van der Waals surface area contributed by atoms with Crippen LogP contribution in [0.25, 0.3) is 5.69 Å². The Bertz CT molecular complexity index is 1040. The van der Waals surface area contributed by atoms with E-state index in [2.05, 4.69) is 38.7 Å². The molecule has 1 saturated heterocycles. The van der Waals surface area contributed by atoms with Crippen molar-refractivity contribution in [1.29, 1.82) is 5.26 Å². The van der Waals surface area contributed by atoms with Crippen molar-refractivity contribution in [3.05, 3.63) is 60.0 Å². The Morgan fingerprint density at radius 3 is 2.93 bits per heavy atom. The first-order chi connectivity index (χ1) is 14.2. The van der Waals surface area contributed by atoms with Crippen LogP contribution in [0, 0.1) is 11.3 Å². The fourth-order valence-corrected chi connectivity index (χ4v) is 3.56. The van der Waals surface area contributed by atoms with E-state index in [-0.39, 0.29) is 18.0 Å². The van der Waals surface area contributed by atoms with Crippen molar-refractivity contribution >= 4 is 11.7 Å². The highest BCUT2D eigenvalue weighted by atomic mass is 16.2. The molecule has 146 valence electrons. The highest BCUT2D eigenvalue weighted by Gasteiger charge is 2.31. The van der Waals surface area contributed by atoms with E-state index in [0.29, 0.717) is 29.2 Å². The number of nitrogens with zero attached hydrogens (tertiary/aromatic N) is 7. The number of rotatable bonds is 4. The summed E-state index contributed by atoms with van der Waals surface area (Å²) in [7, 11) is 0. The van der Waals surface area contributed by atoms with Crippen LogP contribution in [-0.4, -0.2) is 54.6 Å². The lowest BCUT2D eigenvalue weighted by molar-refractivity contribution is 0.0621. The van der Waals surface area contributed by atoms with Crippen LogP contribution in [0.1, 0.15) is 35.7 Å². The molecule has 1 fully saturated rings. The van der Waals surface area contributed by atoms with Gasteiger partial charge in [0.15, 0.2) is 6.33 Å². The van der Waals surface area contributed by atoms with Crippen LogP contribution in [0.4, 0.5) is 5.82 Å². The Morgan fingerprint density at radius 1 is 1.28 bits per heavy atom. The number of aromatic nitrogens is 5. The van der Waals surface area contributed by atoms with Crippen LogP contribution in [-0.2, 0) is 0 Å². The van der Waals surface area contributed by atoms with E-state index in [0.717, 1.165) is 12.8 Å². The second-order valence-electron chi connectivity index (χ2n) is 7.01. The largest absolute Gasteiger partial charge is 0.366 e. The summed E-state index contributed by atoms with van der Waals surface area (Å²) in [5, 5.41) is 24.1. The van der Waals surface area contributed by atoms with Crippen LogP contribution in [0.3, 0.4) is 0 Å². The lowest BCUT2D eigenvalue weighted by Gasteiger charge is -2.38. The maximum Gasteiger partial charge on any atom is 0.256 e. The summed E-state index contributed by atoms with van der Waals surface area (Å²) in [4.78, 5) is 20.9. The number of hydrogen-bond donors (Lipinski definition) is 1. The second-order valence-corrected chi connectivity index (χ2v) is 7.01. The third-order valence-electron chi connectivity index (χ3n) is 5.08. The predicted molar refractivity (Wildman–Crippen MR) is 105 cm³/mol. The summed E-state index contributed by atoms with van der Waals surface area (Å²) in [6, 6.07) is 12.9. The zero-order chi connectivity index (χ0) is 20.2. The van der Waals surface area contributed by atoms with Gasteiger partial charge in [0, 0.05) is 24.8 Å². The molecule has 3 aromatic rings. The van der Waals surface area contributed by atoms with Gasteiger partial charge in [-0.3, -0.25) is 4.79 Å². The summed E-state index contributed by atoms with van der Waals surface area (Å²) >= 11 is 0. The zero-order valence-corrected chi connectivity index (χ0v) is 15.9. The van der Waals surface area contributed by atoms with Crippen molar-refractivity contribution in [2.45, 2.75) is 31.8 Å². The molecule has 1 aliphatic rings. The first kappa shape index (κ1) is 18.6. The summed E-state index contributed by atoms with van der Waals surface area (Å²) in [5.41, 5.74) is 1.68. The second kappa shape index (κ2) is 8.06. The SMILES string of the molecule is CC1CCC(Nc2cc(C#N)ccn2)CN1C(=O)c1ccccc1-n1ncnn1. The molecular formula is C20H20N8O. The number of piperidine rings is 1. The molecule has 1 amide bonds. The Morgan fingerprint density at radius 2 is 2.14 bits per heavy atom. The molecule has 0 bridgehead atoms.